The minimum atomic E-state index is -0.318. The van der Waals surface area contributed by atoms with Crippen molar-refractivity contribution in [1.82, 2.24) is 4.98 Å². The number of fused-ring (bicyclic) bond motifs is 1. The first-order valence-corrected chi connectivity index (χ1v) is 8.27. The molecule has 3 rings (SSSR count). The van der Waals surface area contributed by atoms with Gasteiger partial charge in [0, 0.05) is 6.04 Å². The number of rotatable bonds is 4. The predicted octanol–water partition coefficient (Wildman–Crippen LogP) is 4.44. The van der Waals surface area contributed by atoms with E-state index in [1.807, 2.05) is 12.1 Å². The summed E-state index contributed by atoms with van der Waals surface area (Å²) in [6.45, 7) is 4.46. The molecule has 1 fully saturated rings. The number of thiazole rings is 1. The fraction of sp³-hybridized carbons (Fsp3) is 0.533. The summed E-state index contributed by atoms with van der Waals surface area (Å²) in [4.78, 5) is 15.3. The summed E-state index contributed by atoms with van der Waals surface area (Å²) in [6, 6.07) is 4.05. The number of benzene rings is 1. The molecule has 0 radical (unpaired) electrons. The Bertz CT molecular complexity index is 670. The van der Waals surface area contributed by atoms with Crippen LogP contribution in [0.4, 0.5) is 11.4 Å². The van der Waals surface area contributed by atoms with Gasteiger partial charge in [0.25, 0.3) is 0 Å². The average Bonchev–Trinajstić information content (AvgIpc) is 3.05. The topological polar surface area (TPSA) is 68.1 Å². The number of aromatic nitrogens is 1. The quantitative estimate of drug-likeness (QED) is 0.669. The molecule has 21 heavy (non-hydrogen) atoms. The van der Waals surface area contributed by atoms with Crippen LogP contribution in [0.5, 0.6) is 0 Å². The smallest absolute Gasteiger partial charge is 0.319 e. The van der Waals surface area contributed by atoms with Crippen LogP contribution in [0.15, 0.2) is 17.6 Å². The van der Waals surface area contributed by atoms with Crippen molar-refractivity contribution in [3.8, 4) is 0 Å². The third-order valence-electron chi connectivity index (χ3n) is 4.75. The molecule has 1 saturated carbocycles. The largest absolute Gasteiger partial charge is 0.376 e. The van der Waals surface area contributed by atoms with E-state index in [1.165, 1.54) is 24.2 Å². The normalized spacial score (nSPS) is 25.3. The van der Waals surface area contributed by atoms with E-state index < -0.39 is 0 Å². The van der Waals surface area contributed by atoms with E-state index in [0.29, 0.717) is 29.1 Å². The highest BCUT2D eigenvalue weighted by molar-refractivity contribution is 7.16. The summed E-state index contributed by atoms with van der Waals surface area (Å²) in [6.07, 6.45) is 3.45. The van der Waals surface area contributed by atoms with E-state index in [0.717, 1.165) is 11.1 Å². The van der Waals surface area contributed by atoms with Crippen LogP contribution in [-0.2, 0) is 0 Å². The summed E-state index contributed by atoms with van der Waals surface area (Å²) in [5.74, 6) is 1.25. The summed E-state index contributed by atoms with van der Waals surface area (Å²) >= 11 is 1.43. The molecule has 3 atom stereocenters. The van der Waals surface area contributed by atoms with Crippen LogP contribution >= 0.6 is 11.3 Å². The number of anilines is 1. The first-order chi connectivity index (χ1) is 10.1. The zero-order chi connectivity index (χ0) is 15.0. The van der Waals surface area contributed by atoms with Gasteiger partial charge in [-0.15, -0.1) is 11.3 Å². The number of nitrogens with zero attached hydrogens (tertiary/aromatic N) is 2. The molecule has 3 unspecified atom stereocenters. The van der Waals surface area contributed by atoms with Crippen molar-refractivity contribution in [3.63, 3.8) is 0 Å². The molecule has 0 bridgehead atoms. The van der Waals surface area contributed by atoms with Gasteiger partial charge in [-0.25, -0.2) is 4.98 Å². The maximum atomic E-state index is 11.4. The van der Waals surface area contributed by atoms with E-state index in [1.54, 1.807) is 5.51 Å². The Morgan fingerprint density at radius 1 is 1.48 bits per heavy atom. The van der Waals surface area contributed by atoms with Crippen LogP contribution in [0.2, 0.25) is 0 Å². The third-order valence-corrected chi connectivity index (χ3v) is 5.54. The van der Waals surface area contributed by atoms with Gasteiger partial charge in [-0.3, -0.25) is 10.1 Å². The first kappa shape index (κ1) is 14.3. The van der Waals surface area contributed by atoms with Crippen molar-refractivity contribution in [2.45, 2.75) is 39.2 Å². The molecular formula is C15H19N3O2S. The molecule has 0 amide bonds. The van der Waals surface area contributed by atoms with Gasteiger partial charge >= 0.3 is 5.69 Å². The number of nitro groups is 1. The van der Waals surface area contributed by atoms with Crippen LogP contribution in [0, 0.1) is 22.0 Å². The van der Waals surface area contributed by atoms with Crippen LogP contribution < -0.4 is 5.32 Å². The van der Waals surface area contributed by atoms with Crippen molar-refractivity contribution < 1.29 is 4.92 Å². The third kappa shape index (κ3) is 2.48. The lowest BCUT2D eigenvalue weighted by Gasteiger charge is -2.21. The van der Waals surface area contributed by atoms with Gasteiger partial charge in [-0.2, -0.15) is 0 Å². The lowest BCUT2D eigenvalue weighted by Crippen LogP contribution is -2.25. The van der Waals surface area contributed by atoms with Crippen LogP contribution in [0.25, 0.3) is 10.2 Å². The molecule has 1 aliphatic carbocycles. The maximum Gasteiger partial charge on any atom is 0.319 e. The van der Waals surface area contributed by atoms with E-state index >= 15 is 0 Å². The van der Waals surface area contributed by atoms with Crippen molar-refractivity contribution in [1.29, 1.82) is 0 Å². The van der Waals surface area contributed by atoms with Crippen molar-refractivity contribution in [2.75, 3.05) is 5.32 Å². The fourth-order valence-corrected chi connectivity index (χ4v) is 4.12. The summed E-state index contributed by atoms with van der Waals surface area (Å²) in [5.41, 5.74) is 2.87. The minimum Gasteiger partial charge on any atom is -0.376 e. The van der Waals surface area contributed by atoms with Gasteiger partial charge < -0.3 is 5.32 Å². The second-order valence-electron chi connectivity index (χ2n) is 5.77. The van der Waals surface area contributed by atoms with E-state index in [-0.39, 0.29) is 10.6 Å². The number of hydrogen-bond donors (Lipinski definition) is 1. The first-order valence-electron chi connectivity index (χ1n) is 7.39. The molecule has 5 nitrogen and oxygen atoms in total. The molecule has 1 N–H and O–H groups in total. The zero-order valence-corrected chi connectivity index (χ0v) is 13.0. The van der Waals surface area contributed by atoms with Crippen LogP contribution in [0.3, 0.4) is 0 Å². The lowest BCUT2D eigenvalue weighted by atomic mass is 9.93. The standard InChI is InChI=1S/C15H19N3O2S/c1-3-10-4-5-11(9(10)2)17-12-6-7-13-14(16-8-21-13)15(12)18(19)20/h6-11,17H,3-5H2,1-2H3. The van der Waals surface area contributed by atoms with Gasteiger partial charge in [0.1, 0.15) is 5.69 Å². The molecular weight excluding hydrogens is 286 g/mol. The molecule has 0 saturated heterocycles. The van der Waals surface area contributed by atoms with Crippen LogP contribution in [0.1, 0.15) is 33.1 Å². The van der Waals surface area contributed by atoms with Gasteiger partial charge in [0.15, 0.2) is 5.52 Å². The van der Waals surface area contributed by atoms with E-state index in [9.17, 15) is 10.1 Å². The molecule has 1 heterocycles. The Balaban J connectivity index is 1.94. The summed E-state index contributed by atoms with van der Waals surface area (Å²) < 4.78 is 0.859. The number of nitro benzene ring substituents is 1. The van der Waals surface area contributed by atoms with Gasteiger partial charge in [-0.05, 0) is 36.8 Å². The molecule has 2 aromatic rings. The highest BCUT2D eigenvalue weighted by atomic mass is 32.1. The molecule has 112 valence electrons. The summed E-state index contributed by atoms with van der Waals surface area (Å²) in [5, 5.41) is 14.8. The molecule has 1 aromatic heterocycles. The van der Waals surface area contributed by atoms with Gasteiger partial charge in [-0.1, -0.05) is 20.3 Å². The second-order valence-corrected chi connectivity index (χ2v) is 6.66. The molecule has 6 heteroatoms. The predicted molar refractivity (Wildman–Crippen MR) is 85.9 cm³/mol. The lowest BCUT2D eigenvalue weighted by molar-refractivity contribution is -0.382. The second kappa shape index (κ2) is 5.60. The zero-order valence-electron chi connectivity index (χ0n) is 12.2. The monoisotopic (exact) mass is 305 g/mol. The molecule has 0 aliphatic heterocycles. The highest BCUT2D eigenvalue weighted by Gasteiger charge is 2.33. The van der Waals surface area contributed by atoms with Crippen molar-refractivity contribution >= 4 is 32.9 Å². The molecule has 1 aromatic carbocycles. The summed E-state index contributed by atoms with van der Waals surface area (Å²) in [7, 11) is 0. The van der Waals surface area contributed by atoms with Crippen molar-refractivity contribution in [2.24, 2.45) is 11.8 Å². The van der Waals surface area contributed by atoms with E-state index in [4.69, 9.17) is 0 Å². The number of hydrogen-bond acceptors (Lipinski definition) is 5. The van der Waals surface area contributed by atoms with Gasteiger partial charge in [0.2, 0.25) is 0 Å². The SMILES string of the molecule is CCC1CCC(Nc2ccc3scnc3c2[N+](=O)[O-])C1C. The Kier molecular flexibility index (Phi) is 3.80. The Morgan fingerprint density at radius 3 is 2.95 bits per heavy atom. The van der Waals surface area contributed by atoms with E-state index in [2.05, 4.69) is 24.1 Å². The molecule has 1 aliphatic rings. The minimum absolute atomic E-state index is 0.112. The Hall–Kier alpha value is -1.69. The van der Waals surface area contributed by atoms with Crippen molar-refractivity contribution in [3.05, 3.63) is 27.8 Å². The highest BCUT2D eigenvalue weighted by Crippen LogP contribution is 2.39. The molecule has 0 spiro atoms. The average molecular weight is 305 g/mol. The Morgan fingerprint density at radius 2 is 2.29 bits per heavy atom. The van der Waals surface area contributed by atoms with Gasteiger partial charge in [0.05, 0.1) is 15.1 Å². The fourth-order valence-electron chi connectivity index (χ4n) is 3.45. The van der Waals surface area contributed by atoms with Crippen LogP contribution in [-0.4, -0.2) is 15.9 Å². The number of nitrogens with one attached hydrogen (secondary N) is 1. The maximum absolute atomic E-state index is 11.4. The Labute approximate surface area is 127 Å².